The van der Waals surface area contributed by atoms with E-state index in [9.17, 15) is 4.79 Å². The van der Waals surface area contributed by atoms with Crippen molar-refractivity contribution in [1.82, 2.24) is 10.2 Å². The maximum absolute atomic E-state index is 12.5. The van der Waals surface area contributed by atoms with Gasteiger partial charge in [-0.25, -0.2) is 0 Å². The third-order valence-electron chi connectivity index (χ3n) is 4.67. The topological polar surface area (TPSA) is 50.8 Å². The van der Waals surface area contributed by atoms with Gasteiger partial charge < -0.3 is 19.7 Å². The second kappa shape index (κ2) is 8.23. The van der Waals surface area contributed by atoms with Gasteiger partial charge in [0.1, 0.15) is 6.61 Å². The van der Waals surface area contributed by atoms with Crippen molar-refractivity contribution in [2.75, 3.05) is 27.2 Å². The molecule has 2 aromatic rings. The summed E-state index contributed by atoms with van der Waals surface area (Å²) in [6.07, 6.45) is 0.389. The van der Waals surface area contributed by atoms with Gasteiger partial charge in [0.2, 0.25) is 6.10 Å². The number of fused-ring (bicyclic) bond motifs is 1. The molecule has 0 saturated carbocycles. The van der Waals surface area contributed by atoms with Crippen molar-refractivity contribution in [3.8, 4) is 11.5 Å². The number of rotatable bonds is 6. The summed E-state index contributed by atoms with van der Waals surface area (Å²) in [5.41, 5.74) is 2.49. The van der Waals surface area contributed by atoms with E-state index in [1.165, 1.54) is 11.1 Å². The minimum Gasteiger partial charge on any atom is -0.485 e. The van der Waals surface area contributed by atoms with Crippen molar-refractivity contribution in [2.45, 2.75) is 25.5 Å². The van der Waals surface area contributed by atoms with Crippen LogP contribution in [0.5, 0.6) is 11.5 Å². The van der Waals surface area contributed by atoms with Gasteiger partial charge in [-0.1, -0.05) is 43.3 Å². The number of ether oxygens (including phenoxy) is 2. The first-order valence-corrected chi connectivity index (χ1v) is 9.00. The standard InChI is InChI=1S/C21H26N2O3/c1-4-15-9-11-16(12-10-15)17(23(2)3)13-22-21(24)20-14-25-18-7-5-6-8-19(18)26-20/h5-12,17,20H,4,13-14H2,1-3H3,(H,22,24). The van der Waals surface area contributed by atoms with Gasteiger partial charge >= 0.3 is 0 Å². The van der Waals surface area contributed by atoms with Crippen LogP contribution >= 0.6 is 0 Å². The van der Waals surface area contributed by atoms with Crippen LogP contribution in [-0.4, -0.2) is 44.2 Å². The molecular formula is C21H26N2O3. The molecule has 1 N–H and O–H groups in total. The van der Waals surface area contributed by atoms with Gasteiger partial charge in [0.15, 0.2) is 11.5 Å². The van der Waals surface area contributed by atoms with E-state index in [1.807, 2.05) is 38.4 Å². The number of aryl methyl sites for hydroxylation is 1. The van der Waals surface area contributed by atoms with Crippen LogP contribution in [0, 0.1) is 0 Å². The molecule has 138 valence electrons. The second-order valence-electron chi connectivity index (χ2n) is 6.68. The smallest absolute Gasteiger partial charge is 0.264 e. The third-order valence-corrected chi connectivity index (χ3v) is 4.67. The summed E-state index contributed by atoms with van der Waals surface area (Å²) in [5.74, 6) is 1.13. The molecule has 1 aliphatic heterocycles. The highest BCUT2D eigenvalue weighted by Crippen LogP contribution is 2.30. The molecule has 0 bridgehead atoms. The number of hydrogen-bond acceptors (Lipinski definition) is 4. The molecule has 0 saturated heterocycles. The maximum atomic E-state index is 12.5. The molecular weight excluding hydrogens is 328 g/mol. The first kappa shape index (κ1) is 18.3. The van der Waals surface area contributed by atoms with Crippen LogP contribution in [0.3, 0.4) is 0 Å². The Morgan fingerprint density at radius 2 is 1.85 bits per heavy atom. The SMILES string of the molecule is CCc1ccc(C(CNC(=O)C2COc3ccccc3O2)N(C)C)cc1. The minimum absolute atomic E-state index is 0.0988. The Morgan fingerprint density at radius 3 is 2.50 bits per heavy atom. The lowest BCUT2D eigenvalue weighted by Crippen LogP contribution is -2.46. The Morgan fingerprint density at radius 1 is 1.15 bits per heavy atom. The molecule has 2 atom stereocenters. The monoisotopic (exact) mass is 354 g/mol. The number of carbonyl (C=O) groups is 1. The molecule has 2 aromatic carbocycles. The Bertz CT molecular complexity index is 743. The summed E-state index contributed by atoms with van der Waals surface area (Å²) in [6, 6.07) is 16.0. The molecule has 0 radical (unpaired) electrons. The average Bonchev–Trinajstić information content (AvgIpc) is 2.67. The van der Waals surface area contributed by atoms with Crippen molar-refractivity contribution in [1.29, 1.82) is 0 Å². The zero-order chi connectivity index (χ0) is 18.5. The van der Waals surface area contributed by atoms with Crippen molar-refractivity contribution >= 4 is 5.91 Å². The van der Waals surface area contributed by atoms with Crippen molar-refractivity contribution in [3.05, 3.63) is 59.7 Å². The van der Waals surface area contributed by atoms with E-state index in [4.69, 9.17) is 9.47 Å². The van der Waals surface area contributed by atoms with E-state index in [2.05, 4.69) is 41.4 Å². The van der Waals surface area contributed by atoms with Crippen molar-refractivity contribution in [3.63, 3.8) is 0 Å². The summed E-state index contributed by atoms with van der Waals surface area (Å²) < 4.78 is 11.4. The first-order chi connectivity index (χ1) is 12.6. The van der Waals surface area contributed by atoms with Gasteiger partial charge in [0.05, 0.1) is 6.04 Å². The molecule has 1 amide bonds. The molecule has 1 aliphatic rings. The van der Waals surface area contributed by atoms with Gasteiger partial charge in [0.25, 0.3) is 5.91 Å². The van der Waals surface area contributed by atoms with E-state index < -0.39 is 6.10 Å². The Labute approximate surface area is 154 Å². The number of nitrogens with zero attached hydrogens (tertiary/aromatic N) is 1. The zero-order valence-corrected chi connectivity index (χ0v) is 15.6. The van der Waals surface area contributed by atoms with E-state index in [0.717, 1.165) is 6.42 Å². The van der Waals surface area contributed by atoms with Gasteiger partial charge in [-0.2, -0.15) is 0 Å². The quantitative estimate of drug-likeness (QED) is 0.867. The fraction of sp³-hybridized carbons (Fsp3) is 0.381. The highest BCUT2D eigenvalue weighted by molar-refractivity contribution is 5.81. The molecule has 5 heteroatoms. The minimum atomic E-state index is -0.629. The van der Waals surface area contributed by atoms with Crippen LogP contribution in [0.25, 0.3) is 0 Å². The number of hydrogen-bond donors (Lipinski definition) is 1. The lowest BCUT2D eigenvalue weighted by atomic mass is 10.0. The summed E-state index contributed by atoms with van der Waals surface area (Å²) >= 11 is 0. The molecule has 0 fully saturated rings. The number of likely N-dealkylation sites (N-methyl/N-ethyl adjacent to an activating group) is 1. The molecule has 26 heavy (non-hydrogen) atoms. The second-order valence-corrected chi connectivity index (χ2v) is 6.68. The highest BCUT2D eigenvalue weighted by Gasteiger charge is 2.28. The Kier molecular flexibility index (Phi) is 5.78. The fourth-order valence-corrected chi connectivity index (χ4v) is 3.03. The average molecular weight is 354 g/mol. The number of benzene rings is 2. The van der Waals surface area contributed by atoms with Crippen LogP contribution in [0.1, 0.15) is 24.1 Å². The molecule has 0 aliphatic carbocycles. The summed E-state index contributed by atoms with van der Waals surface area (Å²) in [6.45, 7) is 2.88. The number of nitrogens with one attached hydrogen (secondary N) is 1. The maximum Gasteiger partial charge on any atom is 0.264 e. The van der Waals surface area contributed by atoms with E-state index in [-0.39, 0.29) is 18.6 Å². The predicted octanol–water partition coefficient (Wildman–Crippen LogP) is 2.81. The van der Waals surface area contributed by atoms with Crippen LogP contribution < -0.4 is 14.8 Å². The molecule has 1 heterocycles. The van der Waals surface area contributed by atoms with Crippen LogP contribution in [0.2, 0.25) is 0 Å². The van der Waals surface area contributed by atoms with Gasteiger partial charge in [0, 0.05) is 6.54 Å². The predicted molar refractivity (Wildman–Crippen MR) is 102 cm³/mol. The largest absolute Gasteiger partial charge is 0.485 e. The number of carbonyl (C=O) groups excluding carboxylic acids is 1. The summed E-state index contributed by atoms with van der Waals surface area (Å²) in [7, 11) is 4.03. The first-order valence-electron chi connectivity index (χ1n) is 9.00. The van der Waals surface area contributed by atoms with Crippen molar-refractivity contribution in [2.24, 2.45) is 0 Å². The third kappa shape index (κ3) is 4.17. The van der Waals surface area contributed by atoms with Gasteiger partial charge in [-0.15, -0.1) is 0 Å². The van der Waals surface area contributed by atoms with E-state index >= 15 is 0 Å². The fourth-order valence-electron chi connectivity index (χ4n) is 3.03. The molecule has 2 unspecified atom stereocenters. The van der Waals surface area contributed by atoms with Crippen molar-refractivity contribution < 1.29 is 14.3 Å². The van der Waals surface area contributed by atoms with E-state index in [1.54, 1.807) is 0 Å². The molecule has 3 rings (SSSR count). The van der Waals surface area contributed by atoms with Crippen LogP contribution in [0.4, 0.5) is 0 Å². The normalized spacial score (nSPS) is 17.0. The van der Waals surface area contributed by atoms with Crippen LogP contribution in [0.15, 0.2) is 48.5 Å². The van der Waals surface area contributed by atoms with Gasteiger partial charge in [-0.3, -0.25) is 4.79 Å². The molecule has 0 aromatic heterocycles. The Balaban J connectivity index is 1.61. The number of para-hydroxylation sites is 2. The van der Waals surface area contributed by atoms with Crippen LogP contribution in [-0.2, 0) is 11.2 Å². The number of amides is 1. The summed E-state index contributed by atoms with van der Waals surface area (Å²) in [4.78, 5) is 14.6. The van der Waals surface area contributed by atoms with Gasteiger partial charge in [-0.05, 0) is 43.8 Å². The summed E-state index contributed by atoms with van der Waals surface area (Å²) in [5, 5.41) is 3.01. The molecule has 0 spiro atoms. The highest BCUT2D eigenvalue weighted by atomic mass is 16.6. The molecule has 5 nitrogen and oxygen atoms in total. The zero-order valence-electron chi connectivity index (χ0n) is 15.6. The van der Waals surface area contributed by atoms with E-state index in [0.29, 0.717) is 18.0 Å². The lowest BCUT2D eigenvalue weighted by Gasteiger charge is -2.28. The lowest BCUT2D eigenvalue weighted by molar-refractivity contribution is -0.130. The Hall–Kier alpha value is -2.53.